The maximum absolute atomic E-state index is 16.4. The topological polar surface area (TPSA) is 569 Å². The quantitative estimate of drug-likeness (QED) is 0.0342. The summed E-state index contributed by atoms with van der Waals surface area (Å²) in [5.41, 5.74) is 8.89. The summed E-state index contributed by atoms with van der Waals surface area (Å²) >= 11 is 14.4. The molecule has 122 heavy (non-hydrogen) atoms. The van der Waals surface area contributed by atoms with E-state index >= 15 is 24.0 Å². The van der Waals surface area contributed by atoms with E-state index in [1.54, 1.807) is 82.3 Å². The zero-order valence-corrected chi connectivity index (χ0v) is 67.3. The number of aliphatic carboxylic acids is 1. The monoisotopic (exact) mass is 1730 g/mol. The number of carbonyl (C=O) groups is 9. The number of aliphatic hydroxyl groups excluding tert-OH is 6. The van der Waals surface area contributed by atoms with E-state index in [2.05, 4.69) is 49.1 Å². The normalized spacial score (nSPS) is 26.5. The van der Waals surface area contributed by atoms with Crippen LogP contribution in [0.5, 0.6) is 51.7 Å². The fourth-order valence-electron chi connectivity index (χ4n) is 14.7. The number of amides is 8. The molecule has 7 aromatic rings. The Labute approximate surface area is 706 Å². The van der Waals surface area contributed by atoms with Gasteiger partial charge in [0.15, 0.2) is 23.9 Å². The SMILES string of the molecule is C=CCCOc1cccc(CN[C@@]2(C)C[C@H](O[C@H]3[C@H](Oc4c5cc6cc4Oc4ccc(cc4Cl)[C@@H](O)[C@@H](NC(=O)[C@@H](N)C(C)C)C(=O)N[C@@H](CC(N)=O)C(=O)N[C@H]6C(=O)N[C@H]4C(=O)N[C@H](C(=O)N[C@H](C(=O)N[C@@H](Cc6ccccc6)C(=O)O)c6cc(O)cc(O)c6-c6cc4ccc6O)[C@H](O)c4ccc(c(Cl)c4)O5)O[C@H](CO)[C@@H](O)[C@@H]3O)O[C@@H](C)[C@H]2O)c1. The molecule has 0 saturated carbocycles. The standard InChI is InChI=1S/C84H92Cl2N10O26/c1-6-7-22-116-45-15-11-14-39(23-45)34-89-84(5)33-60(117-37(4)74(84)106)121-73-71(105)70(104)58(35-97)120-83(73)122-72-56-28-43-29-57(72)119-55-21-18-42(27-49(55)86)69(103)67-81(113)94-65(79(111)91-51(82(114)115)24-38-12-9-8-10-13-38)47-30-44(98)31-53(100)61(47)46-25-40(16-19-52(46)99)63(77(109)96-67)93-78(110)64(43)92-75(107)50(32-59(87)101)90-80(112)66(95-76(108)62(88)36(2)3)68(102)41-17-20-54(118-56)48(85)26-41/h6,8-21,23,25-31,36-37,50-51,58,60,62-71,73-74,83,89,97-100,102-106H,1,7,22,24,32-35,88H2,2-5H3,(H2,87,101)(H,90,112)(H,91,111)(H,92,107)(H,93,110)(H,94,113)(H,95,108)(H,96,109)(H,114,115)/t37-,50-,51-,58+,60-,62-,63+,64+,65-,66+,67-,68+,69+,70+,71-,73+,74+,83-,84-/m0/s1. The van der Waals surface area contributed by atoms with Crippen LogP contribution in [0.1, 0.15) is 116 Å². The summed E-state index contributed by atoms with van der Waals surface area (Å²) < 4.78 is 45.4. The lowest BCUT2D eigenvalue weighted by molar-refractivity contribution is -0.334. The Hall–Kier alpha value is -11.8. The number of phenols is 3. The number of primary amides is 1. The molecule has 2 fully saturated rings. The third-order valence-corrected chi connectivity index (χ3v) is 22.1. The highest BCUT2D eigenvalue weighted by atomic mass is 35.5. The lowest BCUT2D eigenvalue weighted by atomic mass is 9.84. The number of hydrogen-bond donors (Lipinski definition) is 20. The molecule has 0 spiro atoms. The zero-order valence-electron chi connectivity index (χ0n) is 65.8. The molecule has 19 atom stereocenters. The van der Waals surface area contributed by atoms with E-state index in [-0.39, 0.29) is 36.3 Å². The molecule has 0 radical (unpaired) electrons. The number of fused-ring (bicyclic) bond motifs is 15. The number of carboxylic acid groups (broad SMARTS) is 1. The number of ether oxygens (including phenoxy) is 7. The van der Waals surface area contributed by atoms with Crippen LogP contribution in [0.15, 0.2) is 146 Å². The van der Waals surface area contributed by atoms with Crippen LogP contribution in [0.2, 0.25) is 10.0 Å². The number of nitrogens with two attached hydrogens (primary N) is 2. The van der Waals surface area contributed by atoms with Gasteiger partial charge in [-0.1, -0.05) is 104 Å². The maximum atomic E-state index is 16.4. The number of phenolic OH excluding ortho intramolecular Hbond substituents is 3. The van der Waals surface area contributed by atoms with E-state index < -0.39 is 266 Å². The van der Waals surface area contributed by atoms with Gasteiger partial charge in [-0.2, -0.15) is 0 Å². The molecule has 22 N–H and O–H groups in total. The first kappa shape index (κ1) is 89.5. The minimum Gasteiger partial charge on any atom is -0.508 e. The van der Waals surface area contributed by atoms with Crippen molar-refractivity contribution in [1.82, 2.24) is 42.5 Å². The average molecular weight is 1730 g/mol. The maximum Gasteiger partial charge on any atom is 0.326 e. The van der Waals surface area contributed by atoms with Crippen molar-refractivity contribution in [2.45, 2.75) is 175 Å². The number of carbonyl (C=O) groups excluding carboxylic acids is 8. The molecule has 36 nitrogen and oxygen atoms in total. The first-order valence-corrected chi connectivity index (χ1v) is 39.4. The van der Waals surface area contributed by atoms with E-state index in [0.717, 1.165) is 72.3 Å². The van der Waals surface area contributed by atoms with E-state index in [1.807, 2.05) is 6.07 Å². The van der Waals surface area contributed by atoms with Gasteiger partial charge in [-0.15, -0.1) is 6.58 Å². The Balaban J connectivity index is 1.05. The Morgan fingerprint density at radius 3 is 1.98 bits per heavy atom. The number of carboxylic acids is 1. The lowest BCUT2D eigenvalue weighted by Crippen LogP contribution is -2.65. The molecule has 8 amide bonds. The summed E-state index contributed by atoms with van der Waals surface area (Å²) in [6, 6.07) is 12.0. The van der Waals surface area contributed by atoms with Gasteiger partial charge in [0.2, 0.25) is 59.3 Å². The first-order valence-electron chi connectivity index (χ1n) is 38.7. The Morgan fingerprint density at radius 1 is 0.697 bits per heavy atom. The van der Waals surface area contributed by atoms with Crippen LogP contribution in [-0.4, -0.2) is 202 Å². The predicted molar refractivity (Wildman–Crippen MR) is 431 cm³/mol. The van der Waals surface area contributed by atoms with Crippen molar-refractivity contribution in [2.24, 2.45) is 17.4 Å². The molecule has 0 aliphatic carbocycles. The molecule has 38 heteroatoms. The molecule has 11 bridgehead atoms. The van der Waals surface area contributed by atoms with Crippen molar-refractivity contribution < 1.29 is 127 Å². The fraction of sp³-hybridized carbons (Fsp3) is 0.369. The van der Waals surface area contributed by atoms with Crippen LogP contribution < -0.4 is 72.9 Å². The Kier molecular flexibility index (Phi) is 28.0. The highest BCUT2D eigenvalue weighted by molar-refractivity contribution is 6.32. The van der Waals surface area contributed by atoms with Crippen molar-refractivity contribution in [1.29, 1.82) is 0 Å². The second-order valence-corrected chi connectivity index (χ2v) is 31.4. The lowest BCUT2D eigenvalue weighted by Gasteiger charge is -2.48. The third-order valence-electron chi connectivity index (χ3n) is 21.5. The van der Waals surface area contributed by atoms with Crippen LogP contribution in [0.4, 0.5) is 0 Å². The van der Waals surface area contributed by atoms with Crippen LogP contribution >= 0.6 is 23.2 Å². The number of nitrogens with one attached hydrogen (secondary N) is 8. The molecular formula is C84H92Cl2N10O26. The molecular weight excluding hydrogens is 1640 g/mol. The van der Waals surface area contributed by atoms with Crippen LogP contribution in [-0.2, 0) is 70.3 Å². The molecule has 7 aliphatic rings. The van der Waals surface area contributed by atoms with Crippen molar-refractivity contribution in [2.75, 3.05) is 13.2 Å². The number of halogens is 2. The van der Waals surface area contributed by atoms with Crippen LogP contribution in [0, 0.1) is 5.92 Å². The molecule has 0 aromatic heterocycles. The number of aromatic hydroxyl groups is 3. The third kappa shape index (κ3) is 20.0. The second-order valence-electron chi connectivity index (χ2n) is 30.6. The number of aliphatic hydroxyl groups is 6. The smallest absolute Gasteiger partial charge is 0.326 e. The molecule has 7 heterocycles. The number of benzene rings is 7. The first-order chi connectivity index (χ1) is 58.0. The molecule has 14 rings (SSSR count). The van der Waals surface area contributed by atoms with Crippen molar-refractivity contribution in [3.8, 4) is 62.9 Å². The van der Waals surface area contributed by atoms with Gasteiger partial charge in [0.1, 0.15) is 107 Å². The summed E-state index contributed by atoms with van der Waals surface area (Å²) in [4.78, 5) is 133. The highest BCUT2D eigenvalue weighted by Gasteiger charge is 2.52. The summed E-state index contributed by atoms with van der Waals surface area (Å²) in [6.45, 7) is 9.67. The predicted octanol–water partition coefficient (Wildman–Crippen LogP) is 2.97. The average Bonchev–Trinajstić information content (AvgIpc) is 0.778. The van der Waals surface area contributed by atoms with Gasteiger partial charge < -0.3 is 138 Å². The van der Waals surface area contributed by atoms with E-state index in [1.165, 1.54) is 12.1 Å². The summed E-state index contributed by atoms with van der Waals surface area (Å²) in [5.74, 6) is -17.6. The Bertz CT molecular complexity index is 5150. The second kappa shape index (κ2) is 38.1. The van der Waals surface area contributed by atoms with Gasteiger partial charge in [-0.25, -0.2) is 4.79 Å². The molecule has 648 valence electrons. The van der Waals surface area contributed by atoms with Crippen molar-refractivity contribution >= 4 is 76.4 Å². The minimum absolute atomic E-state index is 0.160. The minimum atomic E-state index is -2.41. The fourth-order valence-corrected chi connectivity index (χ4v) is 15.2. The van der Waals surface area contributed by atoms with Crippen molar-refractivity contribution in [3.63, 3.8) is 0 Å². The summed E-state index contributed by atoms with van der Waals surface area (Å²) in [7, 11) is 0. The van der Waals surface area contributed by atoms with Crippen LogP contribution in [0.25, 0.3) is 11.1 Å². The van der Waals surface area contributed by atoms with Gasteiger partial charge in [-0.05, 0) is 132 Å². The largest absolute Gasteiger partial charge is 0.508 e. The van der Waals surface area contributed by atoms with Gasteiger partial charge in [0, 0.05) is 42.1 Å². The van der Waals surface area contributed by atoms with Gasteiger partial charge >= 0.3 is 5.97 Å². The van der Waals surface area contributed by atoms with Crippen molar-refractivity contribution in [3.05, 3.63) is 195 Å². The van der Waals surface area contributed by atoms with E-state index in [0.29, 0.717) is 24.3 Å². The van der Waals surface area contributed by atoms with Gasteiger partial charge in [-0.3, -0.25) is 38.4 Å². The van der Waals surface area contributed by atoms with Crippen LogP contribution in [0.3, 0.4) is 0 Å². The van der Waals surface area contributed by atoms with E-state index in [9.17, 15) is 70.2 Å². The summed E-state index contributed by atoms with van der Waals surface area (Å²) in [6.07, 6.45) is -17.3. The number of hydrogen-bond acceptors (Lipinski definition) is 27. The summed E-state index contributed by atoms with van der Waals surface area (Å²) in [5, 5.41) is 137. The molecule has 2 saturated heterocycles. The Morgan fingerprint density at radius 2 is 1.34 bits per heavy atom. The number of rotatable bonds is 22. The molecule has 0 unspecified atom stereocenters. The zero-order chi connectivity index (χ0) is 88.0. The molecule has 7 aliphatic heterocycles. The molecule has 7 aromatic carbocycles. The van der Waals surface area contributed by atoms with Gasteiger partial charge in [0.25, 0.3) is 0 Å². The highest BCUT2D eigenvalue weighted by Crippen LogP contribution is 2.50. The van der Waals surface area contributed by atoms with Gasteiger partial charge in [0.05, 0.1) is 47.9 Å². The van der Waals surface area contributed by atoms with E-state index in [4.69, 9.17) is 67.8 Å².